The largest absolute Gasteiger partial charge is 0.480 e. The van der Waals surface area contributed by atoms with Crippen LogP contribution in [-0.2, 0) is 37.5 Å². The average Bonchev–Trinajstić information content (AvgIpc) is 3.14. The predicted octanol–water partition coefficient (Wildman–Crippen LogP) is 9.72. The molecule has 0 fully saturated rings. The van der Waals surface area contributed by atoms with Gasteiger partial charge in [0.05, 0.1) is 13.2 Å². The number of nitrogens with two attached hydrogens (primary N) is 1. The van der Waals surface area contributed by atoms with Gasteiger partial charge in [0.2, 0.25) is 0 Å². The van der Waals surface area contributed by atoms with Gasteiger partial charge in [-0.3, -0.25) is 23.4 Å². The smallest absolute Gasteiger partial charge is 0.472 e. The van der Waals surface area contributed by atoms with Crippen LogP contribution in [0.25, 0.3) is 0 Å². The van der Waals surface area contributed by atoms with E-state index < -0.39 is 57.7 Å². The molecule has 0 aromatic heterocycles. The molecule has 304 valence electrons. The van der Waals surface area contributed by atoms with Gasteiger partial charge in [-0.25, -0.2) is 4.57 Å². The van der Waals surface area contributed by atoms with Crippen LogP contribution in [0.3, 0.4) is 0 Å². The zero-order chi connectivity index (χ0) is 40.0. The molecule has 4 N–H and O–H groups in total. The molecule has 3 atom stereocenters. The maximum atomic E-state index is 12.5. The molecule has 0 bridgehead atoms. The fraction of sp³-hybridized carbons (Fsp3) is 0.548. The van der Waals surface area contributed by atoms with Crippen molar-refractivity contribution < 1.29 is 47.5 Å². The molecule has 2 unspecified atom stereocenters. The molecule has 11 nitrogen and oxygen atoms in total. The summed E-state index contributed by atoms with van der Waals surface area (Å²) in [5, 5.41) is 8.86. The number of carbonyl (C=O) groups excluding carboxylic acids is 2. The van der Waals surface area contributed by atoms with E-state index in [1.807, 2.05) is 48.6 Å². The third-order valence-electron chi connectivity index (χ3n) is 7.41. The van der Waals surface area contributed by atoms with Crippen LogP contribution in [0.1, 0.15) is 117 Å². The minimum absolute atomic E-state index is 0.0972. The number of phosphoric acid groups is 1. The molecule has 0 saturated carbocycles. The van der Waals surface area contributed by atoms with Crippen molar-refractivity contribution in [3.8, 4) is 0 Å². The van der Waals surface area contributed by atoms with Crippen LogP contribution in [0, 0.1) is 0 Å². The minimum Gasteiger partial charge on any atom is -0.480 e. The van der Waals surface area contributed by atoms with Gasteiger partial charge in [0.25, 0.3) is 0 Å². The van der Waals surface area contributed by atoms with Crippen molar-refractivity contribution in [2.24, 2.45) is 5.73 Å². The van der Waals surface area contributed by atoms with Crippen LogP contribution >= 0.6 is 7.82 Å². The number of hydrogen-bond acceptors (Lipinski definition) is 9. The van der Waals surface area contributed by atoms with Crippen molar-refractivity contribution in [1.29, 1.82) is 0 Å². The highest BCUT2D eigenvalue weighted by Crippen LogP contribution is 2.43. The number of esters is 2. The number of carboxylic acid groups (broad SMARTS) is 1. The minimum atomic E-state index is -4.74. The van der Waals surface area contributed by atoms with E-state index >= 15 is 0 Å². The van der Waals surface area contributed by atoms with E-state index in [-0.39, 0.29) is 12.8 Å². The topological polar surface area (TPSA) is 172 Å². The Bertz CT molecular complexity index is 1280. The lowest BCUT2D eigenvalue weighted by Gasteiger charge is -2.20. The summed E-state index contributed by atoms with van der Waals surface area (Å²) in [6.07, 6.45) is 44.9. The first-order valence-corrected chi connectivity index (χ1v) is 20.8. The average molecular weight is 776 g/mol. The first kappa shape index (κ1) is 50.4. The standard InChI is InChI=1S/C42H66NO10P/c1-3-5-7-9-11-13-15-17-18-19-20-22-23-25-27-29-31-33-40(44)50-35-38(36-51-54(48,49)52-37-39(43)42(46)47)53-41(45)34-32-30-28-26-24-21-16-14-12-10-8-6-4-2/h6,8,10-14,16-18,20-22,24-25,27,38-39H,3-5,7,9,15,19,23,26,28-37,43H2,1-2H3,(H,46,47)(H,48,49)/b8-6+,12-10+,13-11+,16-14+,18-17+,22-20+,24-21+,27-25+/t38?,39-/m0/s1. The molecule has 0 radical (unpaired) electrons. The number of aliphatic carboxylic acids is 1. The highest BCUT2D eigenvalue weighted by atomic mass is 31.2. The van der Waals surface area contributed by atoms with Crippen LogP contribution in [0.15, 0.2) is 97.2 Å². The number of hydrogen-bond donors (Lipinski definition) is 3. The van der Waals surface area contributed by atoms with Crippen molar-refractivity contribution in [3.63, 3.8) is 0 Å². The Morgan fingerprint density at radius 3 is 1.74 bits per heavy atom. The summed E-state index contributed by atoms with van der Waals surface area (Å²) in [4.78, 5) is 45.7. The summed E-state index contributed by atoms with van der Waals surface area (Å²) < 4.78 is 32.5. The zero-order valence-corrected chi connectivity index (χ0v) is 33.4. The summed E-state index contributed by atoms with van der Waals surface area (Å²) in [5.41, 5.74) is 5.31. The normalized spacial score (nSPS) is 14.9. The number of carbonyl (C=O) groups is 3. The lowest BCUT2D eigenvalue weighted by molar-refractivity contribution is -0.161. The molecule has 0 aliphatic rings. The molecular formula is C42H66NO10P. The lowest BCUT2D eigenvalue weighted by Crippen LogP contribution is -2.34. The van der Waals surface area contributed by atoms with E-state index in [0.717, 1.165) is 51.4 Å². The summed E-state index contributed by atoms with van der Waals surface area (Å²) >= 11 is 0. The summed E-state index contributed by atoms with van der Waals surface area (Å²) in [5.74, 6) is -2.52. The first-order valence-electron chi connectivity index (χ1n) is 19.3. The number of ether oxygens (including phenoxy) is 2. The van der Waals surface area contributed by atoms with Gasteiger partial charge in [-0.05, 0) is 70.6 Å². The van der Waals surface area contributed by atoms with E-state index in [1.54, 1.807) is 0 Å². The molecule has 0 aliphatic heterocycles. The molecular weight excluding hydrogens is 709 g/mol. The monoisotopic (exact) mass is 775 g/mol. The van der Waals surface area contributed by atoms with Crippen molar-refractivity contribution in [2.45, 2.75) is 129 Å². The van der Waals surface area contributed by atoms with E-state index in [0.29, 0.717) is 19.3 Å². The molecule has 0 aliphatic carbocycles. The number of carboxylic acids is 1. The Morgan fingerprint density at radius 2 is 1.13 bits per heavy atom. The van der Waals surface area contributed by atoms with Gasteiger partial charge < -0.3 is 25.2 Å². The van der Waals surface area contributed by atoms with Gasteiger partial charge in [-0.15, -0.1) is 0 Å². The van der Waals surface area contributed by atoms with Gasteiger partial charge in [-0.1, -0.05) is 130 Å². The highest BCUT2D eigenvalue weighted by molar-refractivity contribution is 7.47. The van der Waals surface area contributed by atoms with Crippen LogP contribution in [-0.4, -0.2) is 59.9 Å². The van der Waals surface area contributed by atoms with E-state index in [4.69, 9.17) is 24.8 Å². The third-order valence-corrected chi connectivity index (χ3v) is 8.36. The Hall–Kier alpha value is -3.60. The van der Waals surface area contributed by atoms with Crippen molar-refractivity contribution in [1.82, 2.24) is 0 Å². The third kappa shape index (κ3) is 35.4. The number of phosphoric ester groups is 1. The maximum absolute atomic E-state index is 12.5. The Balaban J connectivity index is 4.61. The predicted molar refractivity (Wildman–Crippen MR) is 217 cm³/mol. The Labute approximate surface area is 324 Å². The molecule has 54 heavy (non-hydrogen) atoms. The van der Waals surface area contributed by atoms with Gasteiger partial charge in [0, 0.05) is 12.8 Å². The number of allylic oxidation sites excluding steroid dienone is 16. The molecule has 0 aromatic carbocycles. The van der Waals surface area contributed by atoms with Crippen LogP contribution in [0.2, 0.25) is 0 Å². The van der Waals surface area contributed by atoms with Gasteiger partial charge in [0.15, 0.2) is 6.10 Å². The second-order valence-electron chi connectivity index (χ2n) is 12.4. The Morgan fingerprint density at radius 1 is 0.611 bits per heavy atom. The van der Waals surface area contributed by atoms with Gasteiger partial charge in [-0.2, -0.15) is 0 Å². The summed E-state index contributed by atoms with van der Waals surface area (Å²) in [6, 6.07) is -1.54. The molecule has 0 aromatic rings. The fourth-order valence-electron chi connectivity index (χ4n) is 4.36. The highest BCUT2D eigenvalue weighted by Gasteiger charge is 2.28. The van der Waals surface area contributed by atoms with Crippen LogP contribution in [0.5, 0.6) is 0 Å². The molecule has 0 spiro atoms. The van der Waals surface area contributed by atoms with Crippen LogP contribution < -0.4 is 5.73 Å². The van der Waals surface area contributed by atoms with E-state index in [9.17, 15) is 23.8 Å². The quantitative estimate of drug-likeness (QED) is 0.0187. The number of unbranched alkanes of at least 4 members (excludes halogenated alkanes) is 7. The van der Waals surface area contributed by atoms with Gasteiger partial charge >= 0.3 is 25.7 Å². The second-order valence-corrected chi connectivity index (χ2v) is 13.9. The zero-order valence-electron chi connectivity index (χ0n) is 32.5. The van der Waals surface area contributed by atoms with E-state index in [2.05, 4.69) is 67.0 Å². The summed E-state index contributed by atoms with van der Waals surface area (Å²) in [7, 11) is -4.74. The number of rotatable bonds is 34. The first-order chi connectivity index (χ1) is 26.1. The molecule has 0 amide bonds. The van der Waals surface area contributed by atoms with E-state index in [1.165, 1.54) is 19.3 Å². The molecule has 12 heteroatoms. The van der Waals surface area contributed by atoms with Crippen LogP contribution in [0.4, 0.5) is 0 Å². The molecule has 0 saturated heterocycles. The second kappa shape index (κ2) is 36.4. The van der Waals surface area contributed by atoms with Crippen molar-refractivity contribution in [2.75, 3.05) is 19.8 Å². The van der Waals surface area contributed by atoms with Crippen molar-refractivity contribution in [3.05, 3.63) is 97.2 Å². The fourth-order valence-corrected chi connectivity index (χ4v) is 5.14. The van der Waals surface area contributed by atoms with Crippen molar-refractivity contribution >= 4 is 25.7 Å². The van der Waals surface area contributed by atoms with Gasteiger partial charge in [0.1, 0.15) is 12.6 Å². The maximum Gasteiger partial charge on any atom is 0.472 e. The molecule has 0 rings (SSSR count). The SMILES string of the molecule is CC/C=C/C=C/C=C/C=C/CCCCCC(=O)OC(COC(=O)CCC/C=C/C/C=C/C/C=C/C/C=C/CCCCC)COP(=O)(O)OC[C@H](N)C(=O)O. The summed E-state index contributed by atoms with van der Waals surface area (Å²) in [6.45, 7) is 2.49. The Kier molecular flexibility index (Phi) is 34.0. The molecule has 0 heterocycles. The lowest BCUT2D eigenvalue weighted by atomic mass is 10.1.